The first-order chi connectivity index (χ1) is 19.4. The van der Waals surface area contributed by atoms with Crippen LogP contribution in [0, 0.1) is 27.7 Å². The molecular weight excluding hydrogens is 488 g/mol. The van der Waals surface area contributed by atoms with Crippen LogP contribution in [0.15, 0.2) is 84.9 Å². The van der Waals surface area contributed by atoms with Crippen LogP contribution in [0.1, 0.15) is 45.0 Å². The zero-order valence-electron chi connectivity index (χ0n) is 23.2. The lowest BCUT2D eigenvalue weighted by molar-refractivity contribution is 1.11. The van der Waals surface area contributed by atoms with Crippen LogP contribution in [0.25, 0.3) is 57.7 Å². The lowest BCUT2D eigenvalue weighted by atomic mass is 10.1. The molecular formula is C36H30N4. The molecule has 0 atom stereocenters. The molecule has 5 aromatic rings. The van der Waals surface area contributed by atoms with Gasteiger partial charge in [-0.2, -0.15) is 0 Å². The third-order valence-corrected chi connectivity index (χ3v) is 7.76. The number of aryl methyl sites for hydroxylation is 4. The third-order valence-electron chi connectivity index (χ3n) is 7.76. The van der Waals surface area contributed by atoms with E-state index in [2.05, 4.69) is 146 Å². The van der Waals surface area contributed by atoms with Crippen LogP contribution in [0.3, 0.4) is 0 Å². The van der Waals surface area contributed by atoms with E-state index in [-0.39, 0.29) is 0 Å². The molecule has 8 bridgehead atoms. The molecule has 0 N–H and O–H groups in total. The van der Waals surface area contributed by atoms with Crippen molar-refractivity contribution in [2.24, 2.45) is 0 Å². The monoisotopic (exact) mass is 518 g/mol. The Morgan fingerprint density at radius 1 is 0.400 bits per heavy atom. The van der Waals surface area contributed by atoms with E-state index in [9.17, 15) is 0 Å². The number of aromatic nitrogens is 4. The van der Waals surface area contributed by atoms with E-state index in [0.29, 0.717) is 0 Å². The first-order valence-electron chi connectivity index (χ1n) is 13.7. The quantitative estimate of drug-likeness (QED) is 0.229. The average molecular weight is 519 g/mol. The third kappa shape index (κ3) is 4.09. The molecule has 0 aliphatic carbocycles. The van der Waals surface area contributed by atoms with Gasteiger partial charge in [0.15, 0.2) is 0 Å². The lowest BCUT2D eigenvalue weighted by Gasteiger charge is -2.14. The molecule has 194 valence electrons. The second-order valence-corrected chi connectivity index (χ2v) is 10.7. The molecule has 40 heavy (non-hydrogen) atoms. The highest BCUT2D eigenvalue weighted by atomic mass is 15.0. The van der Waals surface area contributed by atoms with E-state index in [1.54, 1.807) is 0 Å². The van der Waals surface area contributed by atoms with Crippen molar-refractivity contribution >= 4 is 46.4 Å². The molecule has 7 rings (SSSR count). The molecule has 2 aliphatic heterocycles. The van der Waals surface area contributed by atoms with Gasteiger partial charge < -0.3 is 9.13 Å². The maximum atomic E-state index is 5.01. The molecule has 0 saturated carbocycles. The summed E-state index contributed by atoms with van der Waals surface area (Å²) >= 11 is 0. The number of benzene rings is 2. The van der Waals surface area contributed by atoms with Gasteiger partial charge in [-0.25, -0.2) is 9.97 Å². The normalized spacial score (nSPS) is 12.3. The Morgan fingerprint density at radius 2 is 0.675 bits per heavy atom. The standard InChI is InChI=1S/C36H30N4/c1-23-7-5-8-24(2)35(23)39-31-15-16-32(39)20-28-12-14-30(38-28)22-34-18-17-33(21-29-13-11-27(19-31)37-29)40(34)36-25(3)9-6-10-26(36)4/h5-22H,1-4H3. The summed E-state index contributed by atoms with van der Waals surface area (Å²) in [4.78, 5) is 10.0. The summed E-state index contributed by atoms with van der Waals surface area (Å²) in [5.41, 5.74) is 15.4. The lowest BCUT2D eigenvalue weighted by Crippen LogP contribution is -2.00. The van der Waals surface area contributed by atoms with Crippen LogP contribution in [0.4, 0.5) is 0 Å². The molecule has 0 unspecified atom stereocenters. The summed E-state index contributed by atoms with van der Waals surface area (Å²) in [6.07, 6.45) is 8.39. The molecule has 0 spiro atoms. The SMILES string of the molecule is Cc1cccc(C)c1-n1c2ccc1cc1nc(cc3ccc(cc4nc(c2)C=C4)n3-c2c(C)cccc2C)C=C1. The van der Waals surface area contributed by atoms with Gasteiger partial charge in [0.05, 0.1) is 34.2 Å². The van der Waals surface area contributed by atoms with Gasteiger partial charge in [-0.05, 0) is 123 Å². The summed E-state index contributed by atoms with van der Waals surface area (Å²) in [5, 5.41) is 0. The summed E-state index contributed by atoms with van der Waals surface area (Å²) in [7, 11) is 0. The minimum atomic E-state index is 0.932. The Kier molecular flexibility index (Phi) is 5.64. The Hall–Kier alpha value is -4.96. The summed E-state index contributed by atoms with van der Waals surface area (Å²) in [6, 6.07) is 30.2. The van der Waals surface area contributed by atoms with Gasteiger partial charge >= 0.3 is 0 Å². The second kappa shape index (κ2) is 9.35. The van der Waals surface area contributed by atoms with Crippen LogP contribution in [0.2, 0.25) is 0 Å². The van der Waals surface area contributed by atoms with Crippen molar-refractivity contribution < 1.29 is 0 Å². The Labute approximate surface area is 234 Å². The minimum Gasteiger partial charge on any atom is -0.310 e. The van der Waals surface area contributed by atoms with Gasteiger partial charge in [-0.3, -0.25) is 0 Å². The van der Waals surface area contributed by atoms with E-state index in [4.69, 9.17) is 9.97 Å². The fraction of sp³-hybridized carbons (Fsp3) is 0.111. The highest BCUT2D eigenvalue weighted by molar-refractivity contribution is 5.80. The van der Waals surface area contributed by atoms with E-state index >= 15 is 0 Å². The van der Waals surface area contributed by atoms with Gasteiger partial charge in [0.25, 0.3) is 0 Å². The first kappa shape index (κ1) is 24.1. The fourth-order valence-electron chi connectivity index (χ4n) is 5.94. The Balaban J connectivity index is 1.60. The van der Waals surface area contributed by atoms with Gasteiger partial charge in [-0.15, -0.1) is 0 Å². The van der Waals surface area contributed by atoms with Crippen molar-refractivity contribution in [1.29, 1.82) is 0 Å². The van der Waals surface area contributed by atoms with Gasteiger partial charge in [0, 0.05) is 22.1 Å². The van der Waals surface area contributed by atoms with Crippen molar-refractivity contribution in [2.45, 2.75) is 27.7 Å². The number of hydrogen-bond acceptors (Lipinski definition) is 2. The maximum Gasteiger partial charge on any atom is 0.0658 e. The first-order valence-corrected chi connectivity index (χ1v) is 13.7. The molecule has 4 heteroatoms. The van der Waals surface area contributed by atoms with Crippen molar-refractivity contribution in [3.63, 3.8) is 0 Å². The summed E-state index contributed by atoms with van der Waals surface area (Å²) in [6.45, 7) is 8.68. The predicted molar refractivity (Wildman–Crippen MR) is 168 cm³/mol. The average Bonchev–Trinajstić information content (AvgIpc) is 3.71. The molecule has 5 heterocycles. The summed E-state index contributed by atoms with van der Waals surface area (Å²) < 4.78 is 4.65. The largest absolute Gasteiger partial charge is 0.310 e. The van der Waals surface area contributed by atoms with Crippen molar-refractivity contribution in [1.82, 2.24) is 19.1 Å². The summed E-state index contributed by atoms with van der Waals surface area (Å²) in [5.74, 6) is 0. The molecule has 0 fully saturated rings. The Bertz CT molecular complexity index is 1770. The van der Waals surface area contributed by atoms with Gasteiger partial charge in [-0.1, -0.05) is 36.4 Å². The Morgan fingerprint density at radius 3 is 0.950 bits per heavy atom. The van der Waals surface area contributed by atoms with E-state index in [1.807, 2.05) is 0 Å². The number of fused-ring (bicyclic) bond motifs is 8. The second-order valence-electron chi connectivity index (χ2n) is 10.7. The number of nitrogens with zero attached hydrogens (tertiary/aromatic N) is 4. The fourth-order valence-corrected chi connectivity index (χ4v) is 5.94. The smallest absolute Gasteiger partial charge is 0.0658 e. The van der Waals surface area contributed by atoms with Crippen LogP contribution in [0.5, 0.6) is 0 Å². The van der Waals surface area contributed by atoms with Crippen LogP contribution in [-0.4, -0.2) is 19.1 Å². The number of para-hydroxylation sites is 2. The van der Waals surface area contributed by atoms with Crippen molar-refractivity contribution in [3.8, 4) is 11.4 Å². The number of rotatable bonds is 2. The minimum absolute atomic E-state index is 0.932. The molecule has 2 aliphatic rings. The molecule has 4 nitrogen and oxygen atoms in total. The van der Waals surface area contributed by atoms with Crippen LogP contribution in [-0.2, 0) is 0 Å². The van der Waals surface area contributed by atoms with Crippen LogP contribution >= 0.6 is 0 Å². The van der Waals surface area contributed by atoms with Crippen LogP contribution < -0.4 is 0 Å². The number of hydrogen-bond donors (Lipinski definition) is 0. The van der Waals surface area contributed by atoms with Gasteiger partial charge in [0.2, 0.25) is 0 Å². The maximum absolute atomic E-state index is 5.01. The highest BCUT2D eigenvalue weighted by Crippen LogP contribution is 2.29. The molecule has 2 aromatic carbocycles. The highest BCUT2D eigenvalue weighted by Gasteiger charge is 2.13. The zero-order valence-corrected chi connectivity index (χ0v) is 23.2. The molecule has 0 saturated heterocycles. The molecule has 0 radical (unpaired) electrons. The zero-order chi connectivity index (χ0) is 27.4. The predicted octanol–water partition coefficient (Wildman–Crippen LogP) is 8.81. The molecule has 0 amide bonds. The van der Waals surface area contributed by atoms with E-state index in [1.165, 1.54) is 33.6 Å². The van der Waals surface area contributed by atoms with E-state index < -0.39 is 0 Å². The molecule has 3 aromatic heterocycles. The van der Waals surface area contributed by atoms with Gasteiger partial charge in [0.1, 0.15) is 0 Å². The van der Waals surface area contributed by atoms with Crippen molar-refractivity contribution in [3.05, 3.63) is 130 Å². The topological polar surface area (TPSA) is 35.6 Å². The van der Waals surface area contributed by atoms with Crippen molar-refractivity contribution in [2.75, 3.05) is 0 Å². The van der Waals surface area contributed by atoms with E-state index in [0.717, 1.165) is 44.8 Å².